The van der Waals surface area contributed by atoms with Gasteiger partial charge in [-0.3, -0.25) is 9.78 Å². The molecule has 1 saturated heterocycles. The van der Waals surface area contributed by atoms with Crippen LogP contribution in [0.1, 0.15) is 18.9 Å². The van der Waals surface area contributed by atoms with Gasteiger partial charge in [-0.15, -0.1) is 0 Å². The maximum absolute atomic E-state index is 5.44. The third-order valence-corrected chi connectivity index (χ3v) is 4.97. The van der Waals surface area contributed by atoms with Crippen molar-refractivity contribution < 1.29 is 4.42 Å². The van der Waals surface area contributed by atoms with Crippen molar-refractivity contribution in [2.24, 2.45) is 0 Å². The third-order valence-electron chi connectivity index (χ3n) is 4.97. The second-order valence-electron chi connectivity index (χ2n) is 6.87. The molecule has 5 rings (SSSR count). The van der Waals surface area contributed by atoms with Gasteiger partial charge in [-0.05, 0) is 45.1 Å². The first-order chi connectivity index (χ1) is 13.3. The van der Waals surface area contributed by atoms with E-state index in [9.17, 15) is 0 Å². The summed E-state index contributed by atoms with van der Waals surface area (Å²) in [5.41, 5.74) is 2.35. The number of aromatic amines is 1. The maximum atomic E-state index is 5.44. The van der Waals surface area contributed by atoms with Crippen LogP contribution < -0.4 is 5.32 Å². The lowest BCUT2D eigenvalue weighted by Crippen LogP contribution is -2.31. The predicted octanol–water partition coefficient (Wildman–Crippen LogP) is 2.82. The van der Waals surface area contributed by atoms with Gasteiger partial charge in [0.2, 0.25) is 0 Å². The van der Waals surface area contributed by atoms with E-state index < -0.39 is 0 Å². The van der Waals surface area contributed by atoms with Crippen molar-refractivity contribution in [3.8, 4) is 11.6 Å². The average molecular weight is 364 g/mol. The number of hydrogen-bond donors (Lipinski definition) is 2. The van der Waals surface area contributed by atoms with Gasteiger partial charge in [-0.2, -0.15) is 10.2 Å². The fourth-order valence-electron chi connectivity index (χ4n) is 3.44. The first-order valence-corrected chi connectivity index (χ1v) is 9.01. The Hall–Kier alpha value is -3.20. The van der Waals surface area contributed by atoms with Crippen LogP contribution in [0, 0.1) is 0 Å². The number of fused-ring (bicyclic) bond motifs is 1. The molecule has 5 heterocycles. The molecule has 4 aromatic rings. The van der Waals surface area contributed by atoms with Crippen molar-refractivity contribution >= 4 is 22.5 Å². The number of anilines is 2. The second-order valence-corrected chi connectivity index (χ2v) is 6.87. The van der Waals surface area contributed by atoms with Crippen molar-refractivity contribution in [2.45, 2.75) is 18.9 Å². The highest BCUT2D eigenvalue weighted by molar-refractivity contribution is 5.88. The van der Waals surface area contributed by atoms with Gasteiger partial charge >= 0.3 is 0 Å². The van der Waals surface area contributed by atoms with Gasteiger partial charge < -0.3 is 14.6 Å². The molecule has 0 bridgehead atoms. The largest absolute Gasteiger partial charge is 0.461 e. The molecule has 9 heteroatoms. The van der Waals surface area contributed by atoms with Crippen LogP contribution in [0.25, 0.3) is 22.6 Å². The van der Waals surface area contributed by atoms with E-state index in [1.807, 2.05) is 29.2 Å². The topological polar surface area (TPSA) is 101 Å². The number of likely N-dealkylation sites (tertiary alicyclic amines) is 1. The van der Waals surface area contributed by atoms with Crippen molar-refractivity contribution in [3.05, 3.63) is 37.0 Å². The zero-order valence-electron chi connectivity index (χ0n) is 15.0. The van der Waals surface area contributed by atoms with E-state index in [-0.39, 0.29) is 0 Å². The Bertz CT molecular complexity index is 1040. The second kappa shape index (κ2) is 6.51. The number of hydrogen-bond acceptors (Lipinski definition) is 7. The van der Waals surface area contributed by atoms with Crippen molar-refractivity contribution in [2.75, 3.05) is 25.5 Å². The van der Waals surface area contributed by atoms with Crippen LogP contribution >= 0.6 is 0 Å². The number of furan rings is 1. The van der Waals surface area contributed by atoms with Gasteiger partial charge in [0.05, 0.1) is 30.4 Å². The summed E-state index contributed by atoms with van der Waals surface area (Å²) < 4.78 is 7.49. The van der Waals surface area contributed by atoms with Crippen LogP contribution in [0.4, 0.5) is 11.5 Å². The fraction of sp³-hybridized carbons (Fsp3) is 0.333. The lowest BCUT2D eigenvalue weighted by molar-refractivity contribution is 0.212. The Kier molecular flexibility index (Phi) is 3.86. The zero-order chi connectivity index (χ0) is 18.2. The number of aromatic nitrogens is 6. The van der Waals surface area contributed by atoms with Crippen LogP contribution in [-0.2, 0) is 0 Å². The van der Waals surface area contributed by atoms with E-state index in [1.54, 1.807) is 12.5 Å². The number of nitrogens with zero attached hydrogens (tertiary/aromatic N) is 6. The van der Waals surface area contributed by atoms with Gasteiger partial charge in [0.25, 0.3) is 0 Å². The maximum Gasteiger partial charge on any atom is 0.198 e. The number of rotatable bonds is 4. The Morgan fingerprint density at radius 3 is 2.93 bits per heavy atom. The fourth-order valence-corrected chi connectivity index (χ4v) is 3.44. The molecule has 1 aliphatic rings. The number of H-pyrrole nitrogens is 1. The molecular formula is C18H20N8O. The monoisotopic (exact) mass is 364 g/mol. The summed E-state index contributed by atoms with van der Waals surface area (Å²) >= 11 is 0. The number of nitrogens with one attached hydrogen (secondary N) is 2. The molecular weight excluding hydrogens is 344 g/mol. The molecule has 0 saturated carbocycles. The summed E-state index contributed by atoms with van der Waals surface area (Å²) in [5.74, 6) is 1.77. The van der Waals surface area contributed by atoms with Crippen LogP contribution in [0.15, 0.2) is 41.4 Å². The van der Waals surface area contributed by atoms with Gasteiger partial charge in [0, 0.05) is 6.20 Å². The lowest BCUT2D eigenvalue weighted by Gasteiger charge is -2.28. The van der Waals surface area contributed by atoms with E-state index in [2.05, 4.69) is 42.5 Å². The van der Waals surface area contributed by atoms with Crippen molar-refractivity contribution in [3.63, 3.8) is 0 Å². The lowest BCUT2D eigenvalue weighted by atomic mass is 10.1. The Balaban J connectivity index is 1.44. The van der Waals surface area contributed by atoms with Gasteiger partial charge in [-0.25, -0.2) is 9.97 Å². The molecule has 27 heavy (non-hydrogen) atoms. The highest BCUT2D eigenvalue weighted by Crippen LogP contribution is 2.27. The summed E-state index contributed by atoms with van der Waals surface area (Å²) in [7, 11) is 2.16. The molecule has 0 atom stereocenters. The molecule has 0 unspecified atom stereocenters. The quantitative estimate of drug-likeness (QED) is 0.574. The molecule has 0 amide bonds. The van der Waals surface area contributed by atoms with E-state index in [0.29, 0.717) is 23.4 Å². The molecule has 0 aromatic carbocycles. The molecule has 0 spiro atoms. The van der Waals surface area contributed by atoms with E-state index >= 15 is 0 Å². The van der Waals surface area contributed by atoms with Gasteiger partial charge in [0.1, 0.15) is 11.0 Å². The normalized spacial score (nSPS) is 16.2. The first-order valence-electron chi connectivity index (χ1n) is 9.01. The standard InChI is InChI=1S/C18H20N8O/c1-25-6-4-13(5-7-25)26-11-12(9-20-26)21-18-16-14(10-19-24-16)22-17(23-18)15-3-2-8-27-15/h2-3,8-11,13H,4-7H2,1H3,(H,19,24)(H,21,22,23). The predicted molar refractivity (Wildman–Crippen MR) is 101 cm³/mol. The van der Waals surface area contributed by atoms with Gasteiger partial charge in [-0.1, -0.05) is 0 Å². The summed E-state index contributed by atoms with van der Waals surface area (Å²) in [6, 6.07) is 4.09. The minimum Gasteiger partial charge on any atom is -0.461 e. The molecule has 1 aliphatic heterocycles. The van der Waals surface area contributed by atoms with E-state index in [1.165, 1.54) is 0 Å². The summed E-state index contributed by atoms with van der Waals surface area (Å²) in [6.07, 6.45) is 9.37. The van der Waals surface area contributed by atoms with E-state index in [4.69, 9.17) is 4.42 Å². The highest BCUT2D eigenvalue weighted by Gasteiger charge is 2.19. The third kappa shape index (κ3) is 3.06. The van der Waals surface area contributed by atoms with Crippen LogP contribution in [0.2, 0.25) is 0 Å². The van der Waals surface area contributed by atoms with Gasteiger partial charge in [0.15, 0.2) is 17.4 Å². The van der Waals surface area contributed by atoms with Crippen LogP contribution in [0.5, 0.6) is 0 Å². The van der Waals surface area contributed by atoms with Crippen LogP contribution in [-0.4, -0.2) is 55.0 Å². The first kappa shape index (κ1) is 16.0. The molecule has 0 aliphatic carbocycles. The Labute approximate surface area is 155 Å². The molecule has 9 nitrogen and oxygen atoms in total. The zero-order valence-corrected chi connectivity index (χ0v) is 15.0. The molecule has 1 fully saturated rings. The Morgan fingerprint density at radius 1 is 1.22 bits per heavy atom. The minimum atomic E-state index is 0.438. The molecule has 2 N–H and O–H groups in total. The highest BCUT2D eigenvalue weighted by atomic mass is 16.3. The minimum absolute atomic E-state index is 0.438. The molecule has 4 aromatic heterocycles. The summed E-state index contributed by atoms with van der Waals surface area (Å²) in [6.45, 7) is 2.20. The summed E-state index contributed by atoms with van der Waals surface area (Å²) in [5, 5.41) is 14.9. The Morgan fingerprint density at radius 2 is 2.11 bits per heavy atom. The van der Waals surface area contributed by atoms with E-state index in [0.717, 1.165) is 42.7 Å². The number of piperidine rings is 1. The van der Waals surface area contributed by atoms with Crippen LogP contribution in [0.3, 0.4) is 0 Å². The molecule has 0 radical (unpaired) electrons. The summed E-state index contributed by atoms with van der Waals surface area (Å²) in [4.78, 5) is 11.5. The molecule has 138 valence electrons. The van der Waals surface area contributed by atoms with Crippen molar-refractivity contribution in [1.82, 2.24) is 34.8 Å². The average Bonchev–Trinajstić information content (AvgIpc) is 3.43. The smallest absolute Gasteiger partial charge is 0.198 e. The SMILES string of the molecule is CN1CCC(n2cc(Nc3nc(-c4ccco4)nc4cn[nH]c34)cn2)CC1. The van der Waals surface area contributed by atoms with Crippen molar-refractivity contribution in [1.29, 1.82) is 0 Å².